The molecule has 1 amide bonds. The fraction of sp³-hybridized carbons (Fsp3) is 0.500. The molecular weight excluding hydrogens is 334 g/mol. The first-order chi connectivity index (χ1) is 12.3. The molecule has 0 spiro atoms. The fourth-order valence-electron chi connectivity index (χ4n) is 2.51. The molecule has 1 rings (SSSR count). The first kappa shape index (κ1) is 21.4. The van der Waals surface area contributed by atoms with E-state index in [1.165, 1.54) is 0 Å². The van der Waals surface area contributed by atoms with Gasteiger partial charge in [0.15, 0.2) is 5.96 Å². The Hall–Kier alpha value is -2.61. The number of benzene rings is 1. The average molecular weight is 363 g/mol. The molecule has 0 unspecified atom stereocenters. The van der Waals surface area contributed by atoms with Crippen molar-refractivity contribution < 1.29 is 14.7 Å². The second-order valence-electron chi connectivity index (χ2n) is 6.41. The Kier molecular flexibility index (Phi) is 9.14. The van der Waals surface area contributed by atoms with Crippen LogP contribution in [0.2, 0.25) is 0 Å². The minimum atomic E-state index is -1.08. The lowest BCUT2D eigenvalue weighted by molar-refractivity contribution is -0.142. The Morgan fingerprint density at radius 3 is 2.35 bits per heavy atom. The van der Waals surface area contributed by atoms with Gasteiger partial charge < -0.3 is 27.2 Å². The molecule has 0 radical (unpaired) electrons. The molecule has 8 nitrogen and oxygen atoms in total. The smallest absolute Gasteiger partial charge is 0.326 e. The number of rotatable bonds is 11. The molecule has 2 atom stereocenters. The van der Waals surface area contributed by atoms with Gasteiger partial charge in [0.1, 0.15) is 6.04 Å². The summed E-state index contributed by atoms with van der Waals surface area (Å²) in [4.78, 5) is 27.9. The van der Waals surface area contributed by atoms with Gasteiger partial charge in [-0.2, -0.15) is 0 Å². The Labute approximate surface area is 154 Å². The van der Waals surface area contributed by atoms with Gasteiger partial charge in [0.25, 0.3) is 0 Å². The standard InChI is InChI=1S/C18H29N5O3/c1-12(2)22-15(11-13-7-4-3-5-8-13)16(24)23-14(17(25)26)9-6-10-21-18(19)20/h3-5,7-8,12,14-15,22H,6,9-11H2,1-2H3,(H,23,24)(H,25,26)(H4,19,20,21)/t14-,15+/m1/s1. The highest BCUT2D eigenvalue weighted by Gasteiger charge is 2.25. The normalized spacial score (nSPS) is 13.0. The largest absolute Gasteiger partial charge is 0.480 e. The molecular formula is C18H29N5O3. The number of nitrogens with zero attached hydrogens (tertiary/aromatic N) is 1. The van der Waals surface area contributed by atoms with Crippen molar-refractivity contribution >= 4 is 17.8 Å². The molecule has 0 aliphatic heterocycles. The molecule has 8 heteroatoms. The van der Waals surface area contributed by atoms with Gasteiger partial charge >= 0.3 is 5.97 Å². The molecule has 0 fully saturated rings. The lowest BCUT2D eigenvalue weighted by Crippen LogP contribution is -2.52. The number of nitrogens with two attached hydrogens (primary N) is 2. The van der Waals surface area contributed by atoms with E-state index < -0.39 is 18.1 Å². The SMILES string of the molecule is CC(C)N[C@@H](Cc1ccccc1)C(=O)N[C@H](CCCN=C(N)N)C(=O)O. The highest BCUT2D eigenvalue weighted by Crippen LogP contribution is 2.06. The topological polar surface area (TPSA) is 143 Å². The van der Waals surface area contributed by atoms with Crippen molar-refractivity contribution in [1.29, 1.82) is 0 Å². The number of carbonyl (C=O) groups excluding carboxylic acids is 1. The number of carbonyl (C=O) groups is 2. The predicted molar refractivity (Wildman–Crippen MR) is 102 cm³/mol. The van der Waals surface area contributed by atoms with Crippen LogP contribution in [0.5, 0.6) is 0 Å². The quantitative estimate of drug-likeness (QED) is 0.216. The molecule has 1 aromatic rings. The maximum atomic E-state index is 12.6. The summed E-state index contributed by atoms with van der Waals surface area (Å²) in [6, 6.07) is 8.18. The van der Waals surface area contributed by atoms with Crippen LogP contribution >= 0.6 is 0 Å². The van der Waals surface area contributed by atoms with Crippen LogP contribution in [0.15, 0.2) is 35.3 Å². The number of carboxylic acid groups (broad SMARTS) is 1. The predicted octanol–water partition coefficient (Wildman–Crippen LogP) is 0.219. The van der Waals surface area contributed by atoms with Crippen LogP contribution in [0.3, 0.4) is 0 Å². The van der Waals surface area contributed by atoms with Crippen LogP contribution < -0.4 is 22.1 Å². The molecule has 0 aromatic heterocycles. The second kappa shape index (κ2) is 11.1. The molecule has 26 heavy (non-hydrogen) atoms. The van der Waals surface area contributed by atoms with Crippen molar-refractivity contribution in [2.45, 2.75) is 51.2 Å². The molecule has 0 heterocycles. The Bertz CT molecular complexity index is 600. The van der Waals surface area contributed by atoms with E-state index in [0.29, 0.717) is 19.4 Å². The number of hydrogen-bond donors (Lipinski definition) is 5. The first-order valence-electron chi connectivity index (χ1n) is 8.68. The zero-order valence-electron chi connectivity index (χ0n) is 15.3. The van der Waals surface area contributed by atoms with Crippen molar-refractivity contribution in [3.63, 3.8) is 0 Å². The zero-order chi connectivity index (χ0) is 19.5. The lowest BCUT2D eigenvalue weighted by atomic mass is 10.0. The van der Waals surface area contributed by atoms with E-state index in [2.05, 4.69) is 15.6 Å². The number of carboxylic acids is 1. The van der Waals surface area contributed by atoms with Crippen molar-refractivity contribution in [3.05, 3.63) is 35.9 Å². The number of nitrogens with one attached hydrogen (secondary N) is 2. The summed E-state index contributed by atoms with van der Waals surface area (Å²) in [6.07, 6.45) is 1.18. The van der Waals surface area contributed by atoms with Gasteiger partial charge in [0.2, 0.25) is 5.91 Å². The van der Waals surface area contributed by atoms with Crippen molar-refractivity contribution in [1.82, 2.24) is 10.6 Å². The average Bonchev–Trinajstić information content (AvgIpc) is 2.57. The van der Waals surface area contributed by atoms with Crippen LogP contribution in [0.1, 0.15) is 32.3 Å². The molecule has 144 valence electrons. The minimum absolute atomic E-state index is 0.0371. The summed E-state index contributed by atoms with van der Waals surface area (Å²) in [5.74, 6) is -1.45. The highest BCUT2D eigenvalue weighted by atomic mass is 16.4. The number of guanidine groups is 1. The number of aliphatic imine (C=N–C) groups is 1. The lowest BCUT2D eigenvalue weighted by Gasteiger charge is -2.23. The summed E-state index contributed by atoms with van der Waals surface area (Å²) < 4.78 is 0. The number of aliphatic carboxylic acids is 1. The van der Waals surface area contributed by atoms with E-state index in [1.807, 2.05) is 44.2 Å². The molecule has 0 aliphatic rings. The third-order valence-electron chi connectivity index (χ3n) is 3.69. The van der Waals surface area contributed by atoms with Gasteiger partial charge in [-0.3, -0.25) is 9.79 Å². The Morgan fingerprint density at radius 1 is 1.15 bits per heavy atom. The molecule has 0 bridgehead atoms. The van der Waals surface area contributed by atoms with Crippen LogP contribution in [0, 0.1) is 0 Å². The van der Waals surface area contributed by atoms with E-state index >= 15 is 0 Å². The summed E-state index contributed by atoms with van der Waals surface area (Å²) in [5, 5.41) is 15.2. The van der Waals surface area contributed by atoms with Crippen LogP contribution in [0.25, 0.3) is 0 Å². The van der Waals surface area contributed by atoms with E-state index in [0.717, 1.165) is 5.56 Å². The zero-order valence-corrected chi connectivity index (χ0v) is 15.3. The van der Waals surface area contributed by atoms with Crippen LogP contribution in [-0.4, -0.2) is 47.6 Å². The monoisotopic (exact) mass is 363 g/mol. The van der Waals surface area contributed by atoms with Crippen molar-refractivity contribution in [2.75, 3.05) is 6.54 Å². The Balaban J connectivity index is 2.71. The fourth-order valence-corrected chi connectivity index (χ4v) is 2.51. The Morgan fingerprint density at radius 2 is 1.81 bits per heavy atom. The number of amides is 1. The third kappa shape index (κ3) is 8.48. The molecule has 1 aromatic carbocycles. The van der Waals surface area contributed by atoms with E-state index in [9.17, 15) is 14.7 Å². The van der Waals surface area contributed by atoms with E-state index in [4.69, 9.17) is 11.5 Å². The minimum Gasteiger partial charge on any atom is -0.480 e. The summed E-state index contributed by atoms with van der Waals surface area (Å²) in [6.45, 7) is 4.20. The maximum absolute atomic E-state index is 12.6. The highest BCUT2D eigenvalue weighted by molar-refractivity contribution is 5.87. The molecule has 0 saturated carbocycles. The van der Waals surface area contributed by atoms with Crippen LogP contribution in [-0.2, 0) is 16.0 Å². The maximum Gasteiger partial charge on any atom is 0.326 e. The van der Waals surface area contributed by atoms with Gasteiger partial charge in [0.05, 0.1) is 6.04 Å². The van der Waals surface area contributed by atoms with Gasteiger partial charge in [-0.1, -0.05) is 44.2 Å². The summed E-state index contributed by atoms with van der Waals surface area (Å²) in [7, 11) is 0. The van der Waals surface area contributed by atoms with E-state index in [-0.39, 0.29) is 24.3 Å². The van der Waals surface area contributed by atoms with Crippen molar-refractivity contribution in [3.8, 4) is 0 Å². The van der Waals surface area contributed by atoms with Gasteiger partial charge in [-0.05, 0) is 24.8 Å². The molecule has 0 saturated heterocycles. The first-order valence-corrected chi connectivity index (χ1v) is 8.68. The number of hydrogen-bond acceptors (Lipinski definition) is 4. The molecule has 7 N–H and O–H groups in total. The second-order valence-corrected chi connectivity index (χ2v) is 6.41. The van der Waals surface area contributed by atoms with Gasteiger partial charge in [-0.15, -0.1) is 0 Å². The van der Waals surface area contributed by atoms with E-state index in [1.54, 1.807) is 0 Å². The summed E-state index contributed by atoms with van der Waals surface area (Å²) in [5.41, 5.74) is 11.5. The van der Waals surface area contributed by atoms with Gasteiger partial charge in [0, 0.05) is 12.6 Å². The van der Waals surface area contributed by atoms with Gasteiger partial charge in [-0.25, -0.2) is 4.79 Å². The van der Waals surface area contributed by atoms with Crippen LogP contribution in [0.4, 0.5) is 0 Å². The summed E-state index contributed by atoms with van der Waals surface area (Å²) >= 11 is 0. The molecule has 0 aliphatic carbocycles. The van der Waals surface area contributed by atoms with Crippen molar-refractivity contribution in [2.24, 2.45) is 16.5 Å². The third-order valence-corrected chi connectivity index (χ3v) is 3.69.